The summed E-state index contributed by atoms with van der Waals surface area (Å²) < 4.78 is 5.95. The molecule has 1 heterocycles. The number of nitrogens with zero attached hydrogens (tertiary/aromatic N) is 2. The van der Waals surface area contributed by atoms with E-state index in [1.165, 1.54) is 5.56 Å². The number of nitrogen functional groups attached to an aromatic ring is 1. The number of hydrogen-bond acceptors (Lipinski definition) is 4. The number of para-hydroxylation sites is 1. The Labute approximate surface area is 117 Å². The van der Waals surface area contributed by atoms with Crippen molar-refractivity contribution in [3.8, 4) is 11.6 Å². The second-order valence-electron chi connectivity index (χ2n) is 4.70. The zero-order valence-corrected chi connectivity index (χ0v) is 11.4. The molecule has 0 saturated carbocycles. The minimum atomic E-state index is 0.212. The monoisotopic (exact) mass is 265 g/mol. The van der Waals surface area contributed by atoms with Gasteiger partial charge in [-0.3, -0.25) is 0 Å². The normalized spacial score (nSPS) is 10.7. The van der Waals surface area contributed by atoms with E-state index in [0.717, 1.165) is 22.2 Å². The average molecular weight is 265 g/mol. The van der Waals surface area contributed by atoms with Gasteiger partial charge in [-0.25, -0.2) is 4.98 Å². The van der Waals surface area contributed by atoms with Crippen molar-refractivity contribution in [3.63, 3.8) is 0 Å². The van der Waals surface area contributed by atoms with Crippen LogP contribution < -0.4 is 10.5 Å². The van der Waals surface area contributed by atoms with Gasteiger partial charge in [0.05, 0.1) is 10.9 Å². The molecule has 0 aliphatic heterocycles. The van der Waals surface area contributed by atoms with Crippen LogP contribution in [0.25, 0.3) is 10.9 Å². The van der Waals surface area contributed by atoms with Crippen molar-refractivity contribution in [1.29, 1.82) is 0 Å². The molecule has 2 N–H and O–H groups in total. The van der Waals surface area contributed by atoms with Crippen molar-refractivity contribution >= 4 is 16.9 Å². The van der Waals surface area contributed by atoms with Gasteiger partial charge in [-0.05, 0) is 43.2 Å². The van der Waals surface area contributed by atoms with Crippen molar-refractivity contribution in [2.45, 2.75) is 13.8 Å². The smallest absolute Gasteiger partial charge is 0.231 e. The summed E-state index contributed by atoms with van der Waals surface area (Å²) in [5.41, 5.74) is 8.79. The summed E-state index contributed by atoms with van der Waals surface area (Å²) in [6.45, 7) is 4.08. The highest BCUT2D eigenvalue weighted by Gasteiger charge is 2.10. The predicted molar refractivity (Wildman–Crippen MR) is 79.9 cm³/mol. The van der Waals surface area contributed by atoms with Crippen LogP contribution in [-0.4, -0.2) is 9.97 Å². The average Bonchev–Trinajstić information content (AvgIpc) is 2.43. The Balaban J connectivity index is 2.13. The van der Waals surface area contributed by atoms with Gasteiger partial charge < -0.3 is 10.5 Å². The number of rotatable bonds is 2. The fourth-order valence-corrected chi connectivity index (χ4v) is 2.08. The number of aromatic nitrogens is 2. The number of hydrogen-bond donors (Lipinski definition) is 1. The van der Waals surface area contributed by atoms with Crippen LogP contribution in [0.1, 0.15) is 11.1 Å². The minimum absolute atomic E-state index is 0.212. The van der Waals surface area contributed by atoms with Crippen molar-refractivity contribution in [2.24, 2.45) is 0 Å². The fourth-order valence-electron chi connectivity index (χ4n) is 2.08. The number of anilines is 1. The van der Waals surface area contributed by atoms with E-state index in [4.69, 9.17) is 10.5 Å². The Kier molecular flexibility index (Phi) is 2.99. The lowest BCUT2D eigenvalue weighted by molar-refractivity contribution is 0.465. The van der Waals surface area contributed by atoms with E-state index < -0.39 is 0 Å². The number of nitrogens with two attached hydrogens (primary N) is 1. The molecule has 2 aromatic carbocycles. The molecule has 1 aromatic heterocycles. The third-order valence-electron chi connectivity index (χ3n) is 3.35. The first-order valence-electron chi connectivity index (χ1n) is 6.41. The van der Waals surface area contributed by atoms with E-state index >= 15 is 0 Å². The minimum Gasteiger partial charge on any atom is -0.438 e. The molecule has 3 aromatic rings. The summed E-state index contributed by atoms with van der Waals surface area (Å²) >= 11 is 0. The summed E-state index contributed by atoms with van der Waals surface area (Å²) in [4.78, 5) is 8.42. The highest BCUT2D eigenvalue weighted by atomic mass is 16.5. The molecule has 0 saturated heterocycles. The van der Waals surface area contributed by atoms with Crippen LogP contribution in [0, 0.1) is 13.8 Å². The van der Waals surface area contributed by atoms with Crippen molar-refractivity contribution < 1.29 is 4.74 Å². The summed E-state index contributed by atoms with van der Waals surface area (Å²) in [6.07, 6.45) is 0. The molecular formula is C16H15N3O. The Hall–Kier alpha value is -2.62. The van der Waals surface area contributed by atoms with E-state index in [1.54, 1.807) is 0 Å². The molecule has 0 radical (unpaired) electrons. The Morgan fingerprint density at radius 1 is 0.950 bits per heavy atom. The highest BCUT2D eigenvalue weighted by Crippen LogP contribution is 2.30. The third-order valence-corrected chi connectivity index (χ3v) is 3.35. The first kappa shape index (κ1) is 12.4. The predicted octanol–water partition coefficient (Wildman–Crippen LogP) is 3.62. The molecular weight excluding hydrogens is 250 g/mol. The van der Waals surface area contributed by atoms with Gasteiger partial charge in [0.2, 0.25) is 11.8 Å². The van der Waals surface area contributed by atoms with Crippen molar-refractivity contribution in [2.75, 3.05) is 5.73 Å². The Morgan fingerprint density at radius 2 is 1.75 bits per heavy atom. The maximum absolute atomic E-state index is 5.95. The fraction of sp³-hybridized carbons (Fsp3) is 0.125. The van der Waals surface area contributed by atoms with Gasteiger partial charge in [0.25, 0.3) is 0 Å². The third kappa shape index (κ3) is 2.16. The standard InChI is InChI=1S/C16H15N3O/c1-10-6-5-9-14(11(10)2)20-15-12-7-3-4-8-13(12)18-16(17)19-15/h3-9H,1-2H3,(H2,17,18,19). The topological polar surface area (TPSA) is 61.0 Å². The van der Waals surface area contributed by atoms with Gasteiger partial charge in [0.1, 0.15) is 5.75 Å². The van der Waals surface area contributed by atoms with Gasteiger partial charge in [-0.2, -0.15) is 4.98 Å². The van der Waals surface area contributed by atoms with Crippen molar-refractivity contribution in [1.82, 2.24) is 9.97 Å². The molecule has 100 valence electrons. The SMILES string of the molecule is Cc1cccc(Oc2nc(N)nc3ccccc23)c1C. The van der Waals surface area contributed by atoms with E-state index in [0.29, 0.717) is 5.88 Å². The second kappa shape index (κ2) is 4.81. The molecule has 4 heteroatoms. The highest BCUT2D eigenvalue weighted by molar-refractivity contribution is 5.84. The largest absolute Gasteiger partial charge is 0.438 e. The summed E-state index contributed by atoms with van der Waals surface area (Å²) in [5, 5.41) is 0.850. The molecule has 0 bridgehead atoms. The van der Waals surface area contributed by atoms with Gasteiger partial charge in [-0.15, -0.1) is 0 Å². The number of aryl methyl sites for hydroxylation is 1. The molecule has 0 aliphatic rings. The quantitative estimate of drug-likeness (QED) is 0.768. The van der Waals surface area contributed by atoms with Crippen LogP contribution in [0.3, 0.4) is 0 Å². The van der Waals surface area contributed by atoms with Gasteiger partial charge in [-0.1, -0.05) is 24.3 Å². The molecule has 0 unspecified atom stereocenters. The molecule has 4 nitrogen and oxygen atoms in total. The van der Waals surface area contributed by atoms with E-state index in [-0.39, 0.29) is 5.95 Å². The molecule has 0 spiro atoms. The molecule has 0 atom stereocenters. The van der Waals surface area contributed by atoms with Crippen LogP contribution in [0.15, 0.2) is 42.5 Å². The van der Waals surface area contributed by atoms with Crippen LogP contribution in [0.2, 0.25) is 0 Å². The first-order valence-corrected chi connectivity index (χ1v) is 6.41. The lowest BCUT2D eigenvalue weighted by Crippen LogP contribution is -1.99. The molecule has 0 amide bonds. The molecule has 3 rings (SSSR count). The van der Waals surface area contributed by atoms with E-state index in [2.05, 4.69) is 23.0 Å². The number of benzene rings is 2. The lowest BCUT2D eigenvalue weighted by atomic mass is 10.1. The second-order valence-corrected chi connectivity index (χ2v) is 4.70. The number of fused-ring (bicyclic) bond motifs is 1. The maximum atomic E-state index is 5.95. The van der Waals surface area contributed by atoms with E-state index in [9.17, 15) is 0 Å². The Bertz CT molecular complexity index is 784. The summed E-state index contributed by atoms with van der Waals surface area (Å²) in [7, 11) is 0. The Morgan fingerprint density at radius 3 is 2.60 bits per heavy atom. The molecule has 0 fully saturated rings. The van der Waals surface area contributed by atoms with Gasteiger partial charge >= 0.3 is 0 Å². The van der Waals surface area contributed by atoms with Gasteiger partial charge in [0, 0.05) is 0 Å². The van der Waals surface area contributed by atoms with E-state index in [1.807, 2.05) is 43.3 Å². The zero-order valence-electron chi connectivity index (χ0n) is 11.4. The maximum Gasteiger partial charge on any atom is 0.231 e. The lowest BCUT2D eigenvalue weighted by Gasteiger charge is -2.11. The first-order chi connectivity index (χ1) is 9.65. The molecule has 20 heavy (non-hydrogen) atoms. The summed E-state index contributed by atoms with van der Waals surface area (Å²) in [5.74, 6) is 1.49. The van der Waals surface area contributed by atoms with Crippen LogP contribution in [-0.2, 0) is 0 Å². The number of ether oxygens (including phenoxy) is 1. The van der Waals surface area contributed by atoms with Gasteiger partial charge in [0.15, 0.2) is 0 Å². The zero-order chi connectivity index (χ0) is 14.1. The molecule has 0 aliphatic carbocycles. The van der Waals surface area contributed by atoms with Crippen LogP contribution >= 0.6 is 0 Å². The van der Waals surface area contributed by atoms with Crippen LogP contribution in [0.5, 0.6) is 11.6 Å². The van der Waals surface area contributed by atoms with Crippen molar-refractivity contribution in [3.05, 3.63) is 53.6 Å². The summed E-state index contributed by atoms with van der Waals surface area (Å²) in [6, 6.07) is 13.6. The van der Waals surface area contributed by atoms with Crippen LogP contribution in [0.4, 0.5) is 5.95 Å².